The van der Waals surface area contributed by atoms with Crippen LogP contribution < -0.4 is 0 Å². The van der Waals surface area contributed by atoms with Crippen molar-refractivity contribution >= 4 is 27.2 Å². The summed E-state index contributed by atoms with van der Waals surface area (Å²) in [6.07, 6.45) is 4.60. The van der Waals surface area contributed by atoms with Gasteiger partial charge in [0.25, 0.3) is 0 Å². The highest BCUT2D eigenvalue weighted by atomic mass is 35.5. The number of amidine groups is 1. The van der Waals surface area contributed by atoms with Gasteiger partial charge in [0, 0.05) is 32.8 Å². The predicted molar refractivity (Wildman–Crippen MR) is 66.0 cm³/mol. The molecule has 4 nitrogen and oxygen atoms in total. The Hall–Kier alpha value is -1.38. The van der Waals surface area contributed by atoms with E-state index < -0.39 is 9.73 Å². The quantitative estimate of drug-likeness (QED) is 0.439. The molecule has 0 bridgehead atoms. The van der Waals surface area contributed by atoms with Crippen LogP contribution in [-0.2, 0) is 9.73 Å². The maximum atomic E-state index is 11.5. The Morgan fingerprint density at radius 3 is 2.38 bits per heavy atom. The van der Waals surface area contributed by atoms with Gasteiger partial charge in [-0.25, -0.2) is 4.21 Å². The van der Waals surface area contributed by atoms with Gasteiger partial charge in [0.1, 0.15) is 0 Å². The predicted octanol–water partition coefficient (Wildman–Crippen LogP) is 2.30. The van der Waals surface area contributed by atoms with E-state index in [1.54, 1.807) is 30.5 Å². The summed E-state index contributed by atoms with van der Waals surface area (Å²) < 4.78 is 15.4. The van der Waals surface area contributed by atoms with Crippen LogP contribution in [0.2, 0.25) is 5.02 Å². The average molecular weight is 256 g/mol. The number of benzene rings is 1. The van der Waals surface area contributed by atoms with Gasteiger partial charge in [-0.05, 0) is 24.3 Å². The second-order valence-electron chi connectivity index (χ2n) is 3.31. The van der Waals surface area contributed by atoms with Crippen molar-refractivity contribution in [3.05, 3.63) is 34.9 Å². The number of nitriles is 1. The summed E-state index contributed by atoms with van der Waals surface area (Å²) >= 11 is 5.73. The SMILES string of the molecule is CS(C)(=O)=NC(=NC#N)c1ccc(Cl)cc1. The minimum atomic E-state index is -2.34. The summed E-state index contributed by atoms with van der Waals surface area (Å²) in [7, 11) is -2.34. The molecule has 0 amide bonds. The fourth-order valence-electron chi connectivity index (χ4n) is 0.992. The van der Waals surface area contributed by atoms with Crippen LogP contribution >= 0.6 is 11.6 Å². The molecule has 0 saturated heterocycles. The van der Waals surface area contributed by atoms with Gasteiger partial charge in [0.15, 0.2) is 5.84 Å². The Labute approximate surface area is 99.8 Å². The number of aliphatic imine (C=N–C) groups is 1. The highest BCUT2D eigenvalue weighted by Gasteiger charge is 2.04. The van der Waals surface area contributed by atoms with E-state index in [4.69, 9.17) is 16.9 Å². The van der Waals surface area contributed by atoms with E-state index in [9.17, 15) is 4.21 Å². The topological polar surface area (TPSA) is 65.6 Å². The van der Waals surface area contributed by atoms with Crippen molar-refractivity contribution in [2.24, 2.45) is 9.36 Å². The fraction of sp³-hybridized carbons (Fsp3) is 0.200. The van der Waals surface area contributed by atoms with Gasteiger partial charge in [0.05, 0.1) is 0 Å². The highest BCUT2D eigenvalue weighted by molar-refractivity contribution is 7.92. The zero-order chi connectivity index (χ0) is 12.2. The molecule has 0 aliphatic heterocycles. The van der Waals surface area contributed by atoms with Crippen molar-refractivity contribution in [3.8, 4) is 6.19 Å². The van der Waals surface area contributed by atoms with E-state index in [2.05, 4.69) is 9.36 Å². The lowest BCUT2D eigenvalue weighted by Gasteiger charge is -2.00. The van der Waals surface area contributed by atoms with Gasteiger partial charge in [0.2, 0.25) is 6.19 Å². The summed E-state index contributed by atoms with van der Waals surface area (Å²) in [4.78, 5) is 3.54. The molecule has 6 heteroatoms. The largest absolute Gasteiger partial charge is 0.250 e. The van der Waals surface area contributed by atoms with Gasteiger partial charge in [-0.1, -0.05) is 11.6 Å². The summed E-state index contributed by atoms with van der Waals surface area (Å²) in [6, 6.07) is 6.67. The molecule has 0 aromatic heterocycles. The van der Waals surface area contributed by atoms with Crippen LogP contribution in [0.5, 0.6) is 0 Å². The van der Waals surface area contributed by atoms with E-state index in [0.717, 1.165) is 0 Å². The van der Waals surface area contributed by atoms with Crippen LogP contribution in [0.25, 0.3) is 0 Å². The lowest BCUT2D eigenvalue weighted by atomic mass is 10.2. The summed E-state index contributed by atoms with van der Waals surface area (Å²) in [5.41, 5.74) is 0.613. The molecule has 0 aliphatic carbocycles. The highest BCUT2D eigenvalue weighted by Crippen LogP contribution is 2.11. The zero-order valence-electron chi connectivity index (χ0n) is 8.85. The van der Waals surface area contributed by atoms with Crippen LogP contribution in [0.1, 0.15) is 5.56 Å². The molecule has 1 rings (SSSR count). The molecule has 0 radical (unpaired) electrons. The first-order valence-electron chi connectivity index (χ1n) is 4.32. The molecule has 0 spiro atoms. The molecular weight excluding hydrogens is 246 g/mol. The third kappa shape index (κ3) is 4.01. The number of nitrogens with zero attached hydrogens (tertiary/aromatic N) is 3. The standard InChI is InChI=1S/C10H10ClN3OS/c1-16(2,15)14-10(13-7-12)8-3-5-9(11)6-4-8/h3-6H,1-2H3. The van der Waals surface area contributed by atoms with Crippen LogP contribution in [-0.4, -0.2) is 22.6 Å². The Kier molecular flexibility index (Phi) is 4.05. The molecule has 0 N–H and O–H groups in total. The van der Waals surface area contributed by atoms with Gasteiger partial charge < -0.3 is 0 Å². The molecule has 0 heterocycles. The van der Waals surface area contributed by atoms with Gasteiger partial charge in [-0.2, -0.15) is 14.6 Å². The van der Waals surface area contributed by atoms with Crippen molar-refractivity contribution in [1.29, 1.82) is 5.26 Å². The number of hydrogen-bond donors (Lipinski definition) is 0. The molecule has 0 aliphatic rings. The van der Waals surface area contributed by atoms with Crippen molar-refractivity contribution in [2.45, 2.75) is 0 Å². The minimum Gasteiger partial charge on any atom is -0.250 e. The van der Waals surface area contributed by atoms with E-state index in [0.29, 0.717) is 10.6 Å². The zero-order valence-corrected chi connectivity index (χ0v) is 10.4. The summed E-state index contributed by atoms with van der Waals surface area (Å²) in [6.45, 7) is 0. The maximum absolute atomic E-state index is 11.5. The average Bonchev–Trinajstić information content (AvgIpc) is 2.16. The first-order valence-corrected chi connectivity index (χ1v) is 7.03. The first-order chi connectivity index (χ1) is 7.42. The Morgan fingerprint density at radius 1 is 1.38 bits per heavy atom. The van der Waals surface area contributed by atoms with E-state index >= 15 is 0 Å². The van der Waals surface area contributed by atoms with Crippen molar-refractivity contribution in [2.75, 3.05) is 12.5 Å². The Balaban J connectivity index is 3.27. The third-order valence-corrected chi connectivity index (χ3v) is 2.43. The molecule has 0 unspecified atom stereocenters. The second-order valence-corrected chi connectivity index (χ2v) is 6.30. The summed E-state index contributed by atoms with van der Waals surface area (Å²) in [5, 5.41) is 9.11. The minimum absolute atomic E-state index is 0.161. The second kappa shape index (κ2) is 5.10. The number of halogens is 1. The Morgan fingerprint density at radius 2 is 1.94 bits per heavy atom. The van der Waals surface area contributed by atoms with E-state index in [1.165, 1.54) is 12.5 Å². The lowest BCUT2D eigenvalue weighted by Crippen LogP contribution is -2.02. The van der Waals surface area contributed by atoms with Gasteiger partial charge in [-0.15, -0.1) is 0 Å². The van der Waals surface area contributed by atoms with Crippen LogP contribution in [0, 0.1) is 11.5 Å². The molecule has 1 aromatic rings. The fourth-order valence-corrected chi connectivity index (χ4v) is 1.68. The first kappa shape index (κ1) is 12.7. The van der Waals surface area contributed by atoms with Crippen LogP contribution in [0.15, 0.2) is 33.6 Å². The third-order valence-electron chi connectivity index (χ3n) is 1.56. The smallest absolute Gasteiger partial charge is 0.207 e. The molecule has 0 saturated carbocycles. The normalized spacial score (nSPS) is 12.0. The van der Waals surface area contributed by atoms with E-state index in [1.807, 2.05) is 0 Å². The van der Waals surface area contributed by atoms with Crippen LogP contribution in [0.4, 0.5) is 0 Å². The van der Waals surface area contributed by atoms with E-state index in [-0.39, 0.29) is 5.84 Å². The molecule has 1 aromatic carbocycles. The summed E-state index contributed by atoms with van der Waals surface area (Å²) in [5.74, 6) is 0.161. The molecule has 0 fully saturated rings. The Bertz CT molecular complexity index is 555. The van der Waals surface area contributed by atoms with Gasteiger partial charge >= 0.3 is 0 Å². The monoisotopic (exact) mass is 255 g/mol. The van der Waals surface area contributed by atoms with Crippen molar-refractivity contribution < 1.29 is 4.21 Å². The molecule has 0 atom stereocenters. The molecule has 84 valence electrons. The lowest BCUT2D eigenvalue weighted by molar-refractivity contribution is 0.685. The van der Waals surface area contributed by atoms with Crippen molar-refractivity contribution in [3.63, 3.8) is 0 Å². The van der Waals surface area contributed by atoms with Crippen LogP contribution in [0.3, 0.4) is 0 Å². The number of rotatable bonds is 1. The number of hydrogen-bond acceptors (Lipinski definition) is 3. The van der Waals surface area contributed by atoms with Crippen molar-refractivity contribution in [1.82, 2.24) is 0 Å². The van der Waals surface area contributed by atoms with Gasteiger partial charge in [-0.3, -0.25) is 0 Å². The maximum Gasteiger partial charge on any atom is 0.207 e. The molecule has 16 heavy (non-hydrogen) atoms. The molecular formula is C10H10ClN3OS.